The van der Waals surface area contributed by atoms with Crippen molar-refractivity contribution in [3.05, 3.63) is 30.1 Å². The van der Waals surface area contributed by atoms with Gasteiger partial charge in [0.2, 0.25) is 0 Å². The minimum Gasteiger partial charge on any atom is -0.382 e. The summed E-state index contributed by atoms with van der Waals surface area (Å²) in [4.78, 5) is 0. The maximum absolute atomic E-state index is 13.3. The Balaban J connectivity index is 2.52. The standard InChI is InChI=1S/C13H21FN2/c1-10(2)11(8-15-3)9-16-13-7-5-4-6-12(13)14/h4-7,10-11,15-16H,8-9H2,1-3H3. The number of benzene rings is 1. The summed E-state index contributed by atoms with van der Waals surface area (Å²) in [5, 5.41) is 6.33. The van der Waals surface area contributed by atoms with Gasteiger partial charge in [0.15, 0.2) is 0 Å². The molecule has 1 aromatic rings. The Morgan fingerprint density at radius 3 is 2.44 bits per heavy atom. The smallest absolute Gasteiger partial charge is 0.146 e. The van der Waals surface area contributed by atoms with E-state index in [1.165, 1.54) is 6.07 Å². The Bertz CT molecular complexity index is 313. The second-order valence-electron chi connectivity index (χ2n) is 4.42. The molecule has 3 heteroatoms. The molecule has 1 atom stereocenters. The Morgan fingerprint density at radius 2 is 1.88 bits per heavy atom. The van der Waals surface area contributed by atoms with Crippen molar-refractivity contribution in [3.63, 3.8) is 0 Å². The first-order valence-electron chi connectivity index (χ1n) is 5.78. The van der Waals surface area contributed by atoms with E-state index in [1.807, 2.05) is 13.1 Å². The molecule has 2 N–H and O–H groups in total. The lowest BCUT2D eigenvalue weighted by molar-refractivity contribution is 0.390. The molecule has 0 saturated heterocycles. The van der Waals surface area contributed by atoms with Crippen LogP contribution in [0.15, 0.2) is 24.3 Å². The molecule has 1 aromatic carbocycles. The molecule has 0 aliphatic carbocycles. The van der Waals surface area contributed by atoms with Gasteiger partial charge >= 0.3 is 0 Å². The predicted octanol–water partition coefficient (Wildman–Crippen LogP) is 2.73. The van der Waals surface area contributed by atoms with Crippen LogP contribution in [-0.4, -0.2) is 20.1 Å². The first-order valence-corrected chi connectivity index (χ1v) is 5.78. The van der Waals surface area contributed by atoms with E-state index >= 15 is 0 Å². The number of hydrogen-bond acceptors (Lipinski definition) is 2. The van der Waals surface area contributed by atoms with Gasteiger partial charge in [-0.3, -0.25) is 0 Å². The first-order chi connectivity index (χ1) is 7.65. The maximum Gasteiger partial charge on any atom is 0.146 e. The summed E-state index contributed by atoms with van der Waals surface area (Å²) in [6.45, 7) is 6.11. The molecular formula is C13H21FN2. The van der Waals surface area contributed by atoms with Crippen LogP contribution >= 0.6 is 0 Å². The van der Waals surface area contributed by atoms with Crippen molar-refractivity contribution in [3.8, 4) is 0 Å². The lowest BCUT2D eigenvalue weighted by Crippen LogP contribution is -2.29. The summed E-state index contributed by atoms with van der Waals surface area (Å²) in [5.41, 5.74) is 0.587. The van der Waals surface area contributed by atoms with Crippen molar-refractivity contribution in [1.29, 1.82) is 0 Å². The van der Waals surface area contributed by atoms with Crippen LogP contribution < -0.4 is 10.6 Å². The molecule has 0 aliphatic heterocycles. The number of halogens is 1. The average molecular weight is 224 g/mol. The van der Waals surface area contributed by atoms with Gasteiger partial charge in [-0.15, -0.1) is 0 Å². The van der Waals surface area contributed by atoms with Crippen LogP contribution in [0.3, 0.4) is 0 Å². The van der Waals surface area contributed by atoms with Crippen LogP contribution in [-0.2, 0) is 0 Å². The van der Waals surface area contributed by atoms with Crippen molar-refractivity contribution in [2.24, 2.45) is 11.8 Å². The first kappa shape index (κ1) is 13.0. The molecule has 1 unspecified atom stereocenters. The van der Waals surface area contributed by atoms with Crippen molar-refractivity contribution in [1.82, 2.24) is 5.32 Å². The Kier molecular flexibility index (Phi) is 5.26. The number of nitrogens with one attached hydrogen (secondary N) is 2. The third kappa shape index (κ3) is 3.81. The lowest BCUT2D eigenvalue weighted by Gasteiger charge is -2.21. The van der Waals surface area contributed by atoms with Gasteiger partial charge < -0.3 is 10.6 Å². The number of para-hydroxylation sites is 1. The van der Waals surface area contributed by atoms with Crippen LogP contribution in [0.4, 0.5) is 10.1 Å². The fourth-order valence-corrected chi connectivity index (χ4v) is 1.65. The molecule has 16 heavy (non-hydrogen) atoms. The number of hydrogen-bond donors (Lipinski definition) is 2. The Hall–Kier alpha value is -1.09. The minimum absolute atomic E-state index is 0.186. The molecule has 0 heterocycles. The van der Waals surface area contributed by atoms with Crippen LogP contribution in [0.25, 0.3) is 0 Å². The molecule has 0 aliphatic rings. The summed E-state index contributed by atoms with van der Waals surface area (Å²) in [5.74, 6) is 0.894. The van der Waals surface area contributed by atoms with Crippen molar-refractivity contribution < 1.29 is 4.39 Å². The summed E-state index contributed by atoms with van der Waals surface area (Å²) < 4.78 is 13.3. The van der Waals surface area contributed by atoms with Gasteiger partial charge in [0.1, 0.15) is 5.82 Å². The van der Waals surface area contributed by atoms with Gasteiger partial charge in [0.05, 0.1) is 5.69 Å². The van der Waals surface area contributed by atoms with E-state index in [4.69, 9.17) is 0 Å². The molecule has 1 rings (SSSR count). The second-order valence-corrected chi connectivity index (χ2v) is 4.42. The van der Waals surface area contributed by atoms with Crippen LogP contribution in [0.2, 0.25) is 0 Å². The predicted molar refractivity (Wildman–Crippen MR) is 67.1 cm³/mol. The van der Waals surface area contributed by atoms with Gasteiger partial charge in [-0.2, -0.15) is 0 Å². The molecule has 0 radical (unpaired) electrons. The van der Waals surface area contributed by atoms with E-state index < -0.39 is 0 Å². The molecule has 0 saturated carbocycles. The van der Waals surface area contributed by atoms with Crippen LogP contribution in [0, 0.1) is 17.7 Å². The van der Waals surface area contributed by atoms with E-state index in [0.29, 0.717) is 17.5 Å². The van der Waals surface area contributed by atoms with Gasteiger partial charge in [0, 0.05) is 6.54 Å². The SMILES string of the molecule is CNCC(CNc1ccccc1F)C(C)C. The fraction of sp³-hybridized carbons (Fsp3) is 0.538. The quantitative estimate of drug-likeness (QED) is 0.776. The number of rotatable bonds is 6. The van der Waals surface area contributed by atoms with E-state index in [0.717, 1.165) is 13.1 Å². The maximum atomic E-state index is 13.3. The molecule has 0 spiro atoms. The monoisotopic (exact) mass is 224 g/mol. The zero-order chi connectivity index (χ0) is 12.0. The van der Waals surface area contributed by atoms with Crippen LogP contribution in [0.5, 0.6) is 0 Å². The molecule has 0 fully saturated rings. The van der Waals surface area contributed by atoms with Crippen LogP contribution in [0.1, 0.15) is 13.8 Å². The van der Waals surface area contributed by atoms with Crippen molar-refractivity contribution >= 4 is 5.69 Å². The van der Waals surface area contributed by atoms with E-state index in [-0.39, 0.29) is 5.82 Å². The largest absolute Gasteiger partial charge is 0.382 e. The Morgan fingerprint density at radius 1 is 1.19 bits per heavy atom. The molecule has 0 amide bonds. The summed E-state index contributed by atoms with van der Waals surface area (Å²) in [7, 11) is 1.94. The van der Waals surface area contributed by atoms with E-state index in [2.05, 4.69) is 24.5 Å². The fourth-order valence-electron chi connectivity index (χ4n) is 1.65. The summed E-state index contributed by atoms with van der Waals surface area (Å²) in [6.07, 6.45) is 0. The van der Waals surface area contributed by atoms with E-state index in [9.17, 15) is 4.39 Å². The van der Waals surface area contributed by atoms with E-state index in [1.54, 1.807) is 12.1 Å². The highest BCUT2D eigenvalue weighted by atomic mass is 19.1. The lowest BCUT2D eigenvalue weighted by atomic mass is 9.95. The third-order valence-electron chi connectivity index (χ3n) is 2.84. The molecule has 0 aromatic heterocycles. The van der Waals surface area contributed by atoms with Gasteiger partial charge in [-0.25, -0.2) is 4.39 Å². The van der Waals surface area contributed by atoms with Gasteiger partial charge in [0.25, 0.3) is 0 Å². The van der Waals surface area contributed by atoms with Crippen molar-refractivity contribution in [2.75, 3.05) is 25.5 Å². The second kappa shape index (κ2) is 6.48. The zero-order valence-electron chi connectivity index (χ0n) is 10.3. The molecule has 2 nitrogen and oxygen atoms in total. The summed E-state index contributed by atoms with van der Waals surface area (Å²) >= 11 is 0. The zero-order valence-corrected chi connectivity index (χ0v) is 10.3. The third-order valence-corrected chi connectivity index (χ3v) is 2.84. The highest BCUT2D eigenvalue weighted by Crippen LogP contribution is 2.15. The molecular weight excluding hydrogens is 203 g/mol. The van der Waals surface area contributed by atoms with Gasteiger partial charge in [-0.1, -0.05) is 26.0 Å². The summed E-state index contributed by atoms with van der Waals surface area (Å²) in [6, 6.07) is 6.79. The molecule has 90 valence electrons. The van der Waals surface area contributed by atoms with Crippen molar-refractivity contribution in [2.45, 2.75) is 13.8 Å². The molecule has 0 bridgehead atoms. The Labute approximate surface area is 97.3 Å². The highest BCUT2D eigenvalue weighted by Gasteiger charge is 2.12. The number of anilines is 1. The minimum atomic E-state index is -0.186. The average Bonchev–Trinajstić information content (AvgIpc) is 2.26. The topological polar surface area (TPSA) is 24.1 Å². The highest BCUT2D eigenvalue weighted by molar-refractivity contribution is 5.44. The normalized spacial score (nSPS) is 12.8. The van der Waals surface area contributed by atoms with Gasteiger partial charge in [-0.05, 0) is 37.6 Å².